The van der Waals surface area contributed by atoms with Crippen molar-refractivity contribution in [3.8, 4) is 0 Å². The Morgan fingerprint density at radius 3 is 2.52 bits per heavy atom. The number of rotatable bonds is 8. The van der Waals surface area contributed by atoms with Crippen LogP contribution in [0.25, 0.3) is 0 Å². The third-order valence-electron chi connectivity index (χ3n) is 4.58. The summed E-state index contributed by atoms with van der Waals surface area (Å²) in [4.78, 5) is 21.6. The number of nitrogens with one attached hydrogen (secondary N) is 2. The molecule has 1 saturated heterocycles. The summed E-state index contributed by atoms with van der Waals surface area (Å²) in [5, 5.41) is 18.3. The van der Waals surface area contributed by atoms with Crippen LogP contribution in [0, 0.1) is 10.1 Å². The normalized spacial score (nSPS) is 14.7. The standard InChI is InChI=1S/C18H23ClN6O2/c19-15-7-3-2-6-14(15)12-21-18-16(25(26)27)17(22-13-23-18)20-8-11-24-9-4-1-5-10-24/h2-3,6-7,13H,1,4-5,8-12H2,(H2,20,21,22,23). The molecule has 0 saturated carbocycles. The highest BCUT2D eigenvalue weighted by Crippen LogP contribution is 2.29. The van der Waals surface area contributed by atoms with Crippen molar-refractivity contribution in [3.63, 3.8) is 0 Å². The monoisotopic (exact) mass is 390 g/mol. The van der Waals surface area contributed by atoms with E-state index in [0.717, 1.165) is 25.2 Å². The number of hydrogen-bond acceptors (Lipinski definition) is 7. The quantitative estimate of drug-likeness (QED) is 0.525. The molecule has 2 N–H and O–H groups in total. The highest BCUT2D eigenvalue weighted by atomic mass is 35.5. The first-order valence-electron chi connectivity index (χ1n) is 9.08. The summed E-state index contributed by atoms with van der Waals surface area (Å²) in [6.45, 7) is 3.94. The van der Waals surface area contributed by atoms with E-state index in [1.54, 1.807) is 6.07 Å². The molecule has 144 valence electrons. The van der Waals surface area contributed by atoms with Crippen LogP contribution < -0.4 is 10.6 Å². The molecule has 2 heterocycles. The first-order valence-corrected chi connectivity index (χ1v) is 9.46. The summed E-state index contributed by atoms with van der Waals surface area (Å²) in [6.07, 6.45) is 5.03. The second-order valence-corrected chi connectivity index (χ2v) is 6.86. The number of halogens is 1. The molecule has 3 rings (SSSR count). The Hall–Kier alpha value is -2.45. The van der Waals surface area contributed by atoms with Crippen LogP contribution in [0.5, 0.6) is 0 Å². The summed E-state index contributed by atoms with van der Waals surface area (Å²) in [5.41, 5.74) is 0.690. The largest absolute Gasteiger partial charge is 0.363 e. The van der Waals surface area contributed by atoms with Crippen molar-refractivity contribution in [1.29, 1.82) is 0 Å². The van der Waals surface area contributed by atoms with Gasteiger partial charge in [-0.2, -0.15) is 0 Å². The predicted octanol–water partition coefficient (Wildman–Crippen LogP) is 3.55. The Kier molecular flexibility index (Phi) is 6.78. The summed E-state index contributed by atoms with van der Waals surface area (Å²) >= 11 is 6.14. The molecule has 0 unspecified atom stereocenters. The summed E-state index contributed by atoms with van der Waals surface area (Å²) in [7, 11) is 0. The maximum absolute atomic E-state index is 11.6. The minimum Gasteiger partial charge on any atom is -0.363 e. The van der Waals surface area contributed by atoms with E-state index >= 15 is 0 Å². The molecule has 1 aromatic carbocycles. The molecule has 1 fully saturated rings. The van der Waals surface area contributed by atoms with Crippen molar-refractivity contribution in [2.75, 3.05) is 36.8 Å². The van der Waals surface area contributed by atoms with Gasteiger partial charge in [0.25, 0.3) is 0 Å². The van der Waals surface area contributed by atoms with E-state index in [9.17, 15) is 10.1 Å². The Labute approximate surface area is 163 Å². The topological polar surface area (TPSA) is 96.2 Å². The Balaban J connectivity index is 1.66. The first kappa shape index (κ1) is 19.3. The minimum absolute atomic E-state index is 0.150. The number of aromatic nitrogens is 2. The summed E-state index contributed by atoms with van der Waals surface area (Å²) in [5.74, 6) is 0.407. The van der Waals surface area contributed by atoms with E-state index in [1.165, 1.54) is 25.6 Å². The molecule has 27 heavy (non-hydrogen) atoms. The van der Waals surface area contributed by atoms with Crippen molar-refractivity contribution in [2.24, 2.45) is 0 Å². The fourth-order valence-corrected chi connectivity index (χ4v) is 3.35. The third-order valence-corrected chi connectivity index (χ3v) is 4.95. The Morgan fingerprint density at radius 2 is 1.81 bits per heavy atom. The van der Waals surface area contributed by atoms with Crippen molar-refractivity contribution >= 4 is 28.9 Å². The number of nitrogens with zero attached hydrogens (tertiary/aromatic N) is 4. The lowest BCUT2D eigenvalue weighted by Crippen LogP contribution is -2.33. The SMILES string of the molecule is O=[N+]([O-])c1c(NCCN2CCCCC2)ncnc1NCc1ccccc1Cl. The fraction of sp³-hybridized carbons (Fsp3) is 0.444. The van der Waals surface area contributed by atoms with E-state index in [2.05, 4.69) is 25.5 Å². The molecule has 1 aliphatic heterocycles. The van der Waals surface area contributed by atoms with Crippen LogP contribution in [0.1, 0.15) is 24.8 Å². The lowest BCUT2D eigenvalue weighted by atomic mass is 10.1. The van der Waals surface area contributed by atoms with Gasteiger partial charge in [0.2, 0.25) is 11.6 Å². The van der Waals surface area contributed by atoms with Crippen molar-refractivity contribution in [1.82, 2.24) is 14.9 Å². The Morgan fingerprint density at radius 1 is 1.11 bits per heavy atom. The number of piperidine rings is 1. The fourth-order valence-electron chi connectivity index (χ4n) is 3.15. The second-order valence-electron chi connectivity index (χ2n) is 6.45. The molecule has 0 aliphatic carbocycles. The van der Waals surface area contributed by atoms with Gasteiger partial charge in [-0.05, 0) is 37.6 Å². The molecule has 0 spiro atoms. The molecule has 0 atom stereocenters. The van der Waals surface area contributed by atoms with Crippen LogP contribution in [-0.2, 0) is 6.54 Å². The average Bonchev–Trinajstić information content (AvgIpc) is 2.68. The molecule has 0 bridgehead atoms. The number of nitro groups is 1. The van der Waals surface area contributed by atoms with Gasteiger partial charge in [-0.3, -0.25) is 10.1 Å². The summed E-state index contributed by atoms with van der Waals surface area (Å²) < 4.78 is 0. The van der Waals surface area contributed by atoms with E-state index < -0.39 is 4.92 Å². The molecular weight excluding hydrogens is 368 g/mol. The minimum atomic E-state index is -0.460. The van der Waals surface area contributed by atoms with Gasteiger partial charge in [-0.15, -0.1) is 0 Å². The average molecular weight is 391 g/mol. The molecule has 1 aliphatic rings. The number of hydrogen-bond donors (Lipinski definition) is 2. The molecule has 8 nitrogen and oxygen atoms in total. The van der Waals surface area contributed by atoms with Gasteiger partial charge in [0.1, 0.15) is 6.33 Å². The van der Waals surface area contributed by atoms with Gasteiger partial charge >= 0.3 is 5.69 Å². The molecule has 1 aromatic heterocycles. The van der Waals surface area contributed by atoms with Crippen LogP contribution in [0.4, 0.5) is 17.3 Å². The van der Waals surface area contributed by atoms with E-state index in [4.69, 9.17) is 11.6 Å². The zero-order chi connectivity index (χ0) is 19.1. The van der Waals surface area contributed by atoms with Gasteiger partial charge in [0, 0.05) is 24.7 Å². The highest BCUT2D eigenvalue weighted by Gasteiger charge is 2.23. The predicted molar refractivity (Wildman–Crippen MR) is 106 cm³/mol. The van der Waals surface area contributed by atoms with Gasteiger partial charge in [-0.25, -0.2) is 9.97 Å². The smallest absolute Gasteiger partial charge is 0.353 e. The van der Waals surface area contributed by atoms with Gasteiger partial charge < -0.3 is 15.5 Å². The maximum atomic E-state index is 11.6. The van der Waals surface area contributed by atoms with E-state index in [-0.39, 0.29) is 17.3 Å². The lowest BCUT2D eigenvalue weighted by Gasteiger charge is -2.26. The van der Waals surface area contributed by atoms with Gasteiger partial charge in [0.15, 0.2) is 0 Å². The van der Waals surface area contributed by atoms with Crippen LogP contribution in [0.2, 0.25) is 5.02 Å². The second kappa shape index (κ2) is 9.48. The third kappa shape index (κ3) is 5.27. The summed E-state index contributed by atoms with van der Waals surface area (Å²) in [6, 6.07) is 7.34. The van der Waals surface area contributed by atoms with Crippen LogP contribution in [0.3, 0.4) is 0 Å². The van der Waals surface area contributed by atoms with E-state index in [1.807, 2.05) is 18.2 Å². The Bertz CT molecular complexity index is 782. The van der Waals surface area contributed by atoms with Gasteiger partial charge in [0.05, 0.1) is 4.92 Å². The van der Waals surface area contributed by atoms with Crippen molar-refractivity contribution in [3.05, 3.63) is 51.3 Å². The number of anilines is 2. The number of likely N-dealkylation sites (tertiary alicyclic amines) is 1. The van der Waals surface area contributed by atoms with Crippen LogP contribution >= 0.6 is 11.6 Å². The zero-order valence-corrected chi connectivity index (χ0v) is 15.8. The van der Waals surface area contributed by atoms with Gasteiger partial charge in [-0.1, -0.05) is 36.2 Å². The zero-order valence-electron chi connectivity index (χ0n) is 15.0. The molecule has 9 heteroatoms. The van der Waals surface area contributed by atoms with Crippen LogP contribution in [-0.4, -0.2) is 46.0 Å². The molecule has 0 amide bonds. The maximum Gasteiger partial charge on any atom is 0.353 e. The lowest BCUT2D eigenvalue weighted by molar-refractivity contribution is -0.383. The van der Waals surface area contributed by atoms with Crippen molar-refractivity contribution in [2.45, 2.75) is 25.8 Å². The first-order chi connectivity index (χ1) is 13.1. The molecule has 2 aromatic rings. The molecular formula is C18H23ClN6O2. The number of benzene rings is 1. The van der Waals surface area contributed by atoms with Crippen molar-refractivity contribution < 1.29 is 4.92 Å². The molecule has 0 radical (unpaired) electrons. The van der Waals surface area contributed by atoms with Crippen LogP contribution in [0.15, 0.2) is 30.6 Å². The highest BCUT2D eigenvalue weighted by molar-refractivity contribution is 6.31. The van der Waals surface area contributed by atoms with E-state index in [0.29, 0.717) is 18.1 Å².